The Kier molecular flexibility index (Phi) is 7.60. The van der Waals surface area contributed by atoms with Crippen LogP contribution in [0.15, 0.2) is 18.2 Å². The second kappa shape index (κ2) is 8.11. The minimum Gasteiger partial charge on any atom is -0.326 e. The number of halogens is 4. The van der Waals surface area contributed by atoms with E-state index in [1.54, 1.807) is 7.05 Å². The van der Waals surface area contributed by atoms with Crippen molar-refractivity contribution in [1.82, 2.24) is 5.32 Å². The minimum atomic E-state index is -4.41. The van der Waals surface area contributed by atoms with Gasteiger partial charge in [-0.1, -0.05) is 6.07 Å². The highest BCUT2D eigenvalue weighted by atomic mass is 35.5. The van der Waals surface area contributed by atoms with E-state index in [2.05, 4.69) is 10.6 Å². The van der Waals surface area contributed by atoms with E-state index in [1.165, 1.54) is 19.1 Å². The van der Waals surface area contributed by atoms with Crippen molar-refractivity contribution in [3.63, 3.8) is 0 Å². The molecule has 0 radical (unpaired) electrons. The Morgan fingerprint density at radius 1 is 1.30 bits per heavy atom. The molecule has 1 aromatic rings. The number of hydrogen-bond acceptors (Lipinski definition) is 2. The van der Waals surface area contributed by atoms with Crippen LogP contribution in [-0.2, 0) is 11.0 Å². The quantitative estimate of drug-likeness (QED) is 0.819. The number of alkyl halides is 3. The van der Waals surface area contributed by atoms with Crippen LogP contribution in [-0.4, -0.2) is 19.5 Å². The molecule has 3 nitrogen and oxygen atoms in total. The number of carbonyl (C=O) groups excluding carboxylic acids is 1. The first-order valence-corrected chi connectivity index (χ1v) is 5.97. The summed E-state index contributed by atoms with van der Waals surface area (Å²) in [5.41, 5.74) is -0.471. The number of anilines is 1. The predicted molar refractivity (Wildman–Crippen MR) is 75.2 cm³/mol. The van der Waals surface area contributed by atoms with Crippen molar-refractivity contribution < 1.29 is 18.0 Å². The maximum atomic E-state index is 12.7. The van der Waals surface area contributed by atoms with Crippen molar-refractivity contribution in [2.75, 3.05) is 18.9 Å². The number of nitrogens with one attached hydrogen (secondary N) is 2. The van der Waals surface area contributed by atoms with Gasteiger partial charge in [-0.05, 0) is 44.6 Å². The molecule has 0 spiro atoms. The zero-order valence-electron chi connectivity index (χ0n) is 11.3. The number of hydrogen-bond donors (Lipinski definition) is 2. The van der Waals surface area contributed by atoms with Crippen LogP contribution in [0.1, 0.15) is 24.0 Å². The third-order valence-electron chi connectivity index (χ3n) is 2.74. The first kappa shape index (κ1) is 18.7. The largest absolute Gasteiger partial charge is 0.416 e. The Balaban J connectivity index is 0.00000361. The highest BCUT2D eigenvalue weighted by molar-refractivity contribution is 5.91. The van der Waals surface area contributed by atoms with Gasteiger partial charge in [0.1, 0.15) is 0 Å². The van der Waals surface area contributed by atoms with Gasteiger partial charge in [0.05, 0.1) is 5.56 Å². The van der Waals surface area contributed by atoms with Crippen molar-refractivity contribution in [2.45, 2.75) is 25.9 Å². The van der Waals surface area contributed by atoms with Gasteiger partial charge in [-0.3, -0.25) is 4.79 Å². The normalized spacial score (nSPS) is 10.8. The Morgan fingerprint density at radius 3 is 2.50 bits per heavy atom. The van der Waals surface area contributed by atoms with E-state index in [-0.39, 0.29) is 36.0 Å². The summed E-state index contributed by atoms with van der Waals surface area (Å²) in [5.74, 6) is -0.280. The summed E-state index contributed by atoms with van der Waals surface area (Å²) in [5, 5.41) is 5.41. The maximum absolute atomic E-state index is 12.7. The molecule has 0 fully saturated rings. The lowest BCUT2D eigenvalue weighted by atomic mass is 10.1. The zero-order valence-corrected chi connectivity index (χ0v) is 12.1. The van der Waals surface area contributed by atoms with Crippen molar-refractivity contribution in [3.05, 3.63) is 29.3 Å². The molecule has 0 saturated heterocycles. The fourth-order valence-corrected chi connectivity index (χ4v) is 1.72. The maximum Gasteiger partial charge on any atom is 0.416 e. The molecule has 0 aromatic heterocycles. The number of rotatable bonds is 5. The molecule has 2 N–H and O–H groups in total. The molecule has 1 amide bonds. The molecule has 0 unspecified atom stereocenters. The molecule has 114 valence electrons. The molecule has 0 aliphatic rings. The molecule has 1 aromatic carbocycles. The van der Waals surface area contributed by atoms with Crippen LogP contribution in [0.4, 0.5) is 18.9 Å². The fourth-order valence-electron chi connectivity index (χ4n) is 1.72. The van der Waals surface area contributed by atoms with Gasteiger partial charge in [-0.15, -0.1) is 12.4 Å². The minimum absolute atomic E-state index is 0. The van der Waals surface area contributed by atoms with Crippen molar-refractivity contribution >= 4 is 24.0 Å². The Labute approximate surface area is 122 Å². The van der Waals surface area contributed by atoms with Crippen LogP contribution >= 0.6 is 12.4 Å². The summed E-state index contributed by atoms with van der Waals surface area (Å²) in [6, 6.07) is 3.77. The predicted octanol–water partition coefficient (Wildman–Crippen LogP) is 3.37. The van der Waals surface area contributed by atoms with E-state index in [4.69, 9.17) is 0 Å². The van der Waals surface area contributed by atoms with Crippen LogP contribution in [0.3, 0.4) is 0 Å². The molecular formula is C13H18ClF3N2O. The molecule has 1 rings (SSSR count). The third kappa shape index (κ3) is 5.38. The van der Waals surface area contributed by atoms with Gasteiger partial charge in [-0.25, -0.2) is 0 Å². The zero-order chi connectivity index (χ0) is 14.5. The van der Waals surface area contributed by atoms with Crippen LogP contribution in [0.5, 0.6) is 0 Å². The molecular weight excluding hydrogens is 293 g/mol. The molecule has 7 heteroatoms. The molecule has 0 aliphatic carbocycles. The van der Waals surface area contributed by atoms with E-state index in [0.29, 0.717) is 13.0 Å². The van der Waals surface area contributed by atoms with E-state index in [9.17, 15) is 18.0 Å². The molecule has 0 bridgehead atoms. The van der Waals surface area contributed by atoms with Crippen LogP contribution in [0.2, 0.25) is 0 Å². The molecule has 0 aliphatic heterocycles. The highest BCUT2D eigenvalue weighted by Crippen LogP contribution is 2.34. The van der Waals surface area contributed by atoms with E-state index in [1.807, 2.05) is 0 Å². The second-order valence-corrected chi connectivity index (χ2v) is 4.23. The summed E-state index contributed by atoms with van der Waals surface area (Å²) in [6.45, 7) is 2.04. The molecule has 0 saturated carbocycles. The van der Waals surface area contributed by atoms with Gasteiger partial charge in [0.15, 0.2) is 0 Å². The first-order valence-electron chi connectivity index (χ1n) is 5.97. The van der Waals surface area contributed by atoms with Gasteiger partial charge >= 0.3 is 6.18 Å². The average Bonchev–Trinajstić information content (AvgIpc) is 2.30. The summed E-state index contributed by atoms with van der Waals surface area (Å²) >= 11 is 0. The number of amides is 1. The van der Waals surface area contributed by atoms with Gasteiger partial charge < -0.3 is 10.6 Å². The van der Waals surface area contributed by atoms with Crippen molar-refractivity contribution in [1.29, 1.82) is 0 Å². The lowest BCUT2D eigenvalue weighted by molar-refractivity contribution is -0.138. The van der Waals surface area contributed by atoms with Gasteiger partial charge in [0, 0.05) is 12.1 Å². The van der Waals surface area contributed by atoms with Crippen LogP contribution in [0, 0.1) is 6.92 Å². The van der Waals surface area contributed by atoms with Crippen LogP contribution < -0.4 is 10.6 Å². The Hall–Kier alpha value is -1.27. The standard InChI is InChI=1S/C13H17F3N2O.ClH/c1-9-10(13(14,15)16)5-3-6-11(9)18-12(19)7-4-8-17-2;/h3,5-6,17H,4,7-8H2,1-2H3,(H,18,19);1H. The summed E-state index contributed by atoms with van der Waals surface area (Å²) in [4.78, 5) is 11.6. The third-order valence-corrected chi connectivity index (χ3v) is 2.74. The summed E-state index contributed by atoms with van der Waals surface area (Å²) < 4.78 is 38.1. The second-order valence-electron chi connectivity index (χ2n) is 4.23. The SMILES string of the molecule is CNCCCC(=O)Nc1cccc(C(F)(F)F)c1C.Cl. The summed E-state index contributed by atoms with van der Waals surface area (Å²) in [7, 11) is 1.77. The molecule has 20 heavy (non-hydrogen) atoms. The van der Waals surface area contributed by atoms with Crippen molar-refractivity contribution in [2.24, 2.45) is 0 Å². The summed E-state index contributed by atoms with van der Waals surface area (Å²) in [6.07, 6.45) is -3.49. The van der Waals surface area contributed by atoms with E-state index >= 15 is 0 Å². The van der Waals surface area contributed by atoms with Gasteiger partial charge in [-0.2, -0.15) is 13.2 Å². The lowest BCUT2D eigenvalue weighted by Gasteiger charge is -2.14. The van der Waals surface area contributed by atoms with Gasteiger partial charge in [0.25, 0.3) is 0 Å². The number of benzene rings is 1. The first-order chi connectivity index (χ1) is 8.86. The fraction of sp³-hybridized carbons (Fsp3) is 0.462. The lowest BCUT2D eigenvalue weighted by Crippen LogP contribution is -2.17. The van der Waals surface area contributed by atoms with Crippen LogP contribution in [0.25, 0.3) is 0 Å². The van der Waals surface area contributed by atoms with Gasteiger partial charge in [0.2, 0.25) is 5.91 Å². The van der Waals surface area contributed by atoms with E-state index in [0.717, 1.165) is 6.07 Å². The topological polar surface area (TPSA) is 41.1 Å². The monoisotopic (exact) mass is 310 g/mol. The smallest absolute Gasteiger partial charge is 0.326 e. The Bertz CT molecular complexity index is 450. The number of carbonyl (C=O) groups is 1. The Morgan fingerprint density at radius 2 is 1.95 bits per heavy atom. The van der Waals surface area contributed by atoms with E-state index < -0.39 is 11.7 Å². The molecule has 0 atom stereocenters. The molecule has 0 heterocycles. The van der Waals surface area contributed by atoms with Crippen molar-refractivity contribution in [3.8, 4) is 0 Å². The highest BCUT2D eigenvalue weighted by Gasteiger charge is 2.32. The average molecular weight is 311 g/mol.